The van der Waals surface area contributed by atoms with E-state index in [-0.39, 0.29) is 19.0 Å². The molecule has 0 spiro atoms. The molecule has 0 aliphatic heterocycles. The van der Waals surface area contributed by atoms with Gasteiger partial charge in [0.1, 0.15) is 29.1 Å². The number of aromatic hydroxyl groups is 1. The predicted molar refractivity (Wildman–Crippen MR) is 185 cm³/mol. The second-order valence-corrected chi connectivity index (χ2v) is 10.9. The first-order valence-corrected chi connectivity index (χ1v) is 15.4. The lowest BCUT2D eigenvalue weighted by molar-refractivity contribution is 0.163. The summed E-state index contributed by atoms with van der Waals surface area (Å²) in [6, 6.07) is 37.5. The average molecular weight is 640 g/mol. The van der Waals surface area contributed by atoms with Crippen molar-refractivity contribution in [1.29, 1.82) is 0 Å². The highest BCUT2D eigenvalue weighted by atomic mass is 16.6. The Kier molecular flexibility index (Phi) is 10.0. The lowest BCUT2D eigenvalue weighted by Gasteiger charge is -2.10. The molecular weight excluding hydrogens is 606 g/mol. The third kappa shape index (κ3) is 8.64. The number of hydrogen-bond acceptors (Lipinski definition) is 7. The Hall–Kier alpha value is -6.42. The molecule has 10 heteroatoms. The summed E-state index contributed by atoms with van der Waals surface area (Å²) in [5, 5.41) is 24.7. The molecule has 10 nitrogen and oxygen atoms in total. The number of anilines is 2. The van der Waals surface area contributed by atoms with E-state index < -0.39 is 12.2 Å². The van der Waals surface area contributed by atoms with Crippen molar-refractivity contribution in [3.63, 3.8) is 0 Å². The minimum Gasteiger partial charge on any atom is -0.506 e. The Morgan fingerprint density at radius 3 is 1.88 bits per heavy atom. The van der Waals surface area contributed by atoms with Crippen LogP contribution in [0.1, 0.15) is 22.3 Å². The maximum atomic E-state index is 12.4. The zero-order valence-electron chi connectivity index (χ0n) is 26.0. The molecule has 0 aliphatic rings. The van der Waals surface area contributed by atoms with E-state index in [9.17, 15) is 14.7 Å². The van der Waals surface area contributed by atoms with Crippen molar-refractivity contribution in [3.05, 3.63) is 150 Å². The van der Waals surface area contributed by atoms with Crippen LogP contribution in [0, 0.1) is 0 Å². The van der Waals surface area contributed by atoms with E-state index >= 15 is 0 Å². The standard InChI is InChI=1S/C38H33N5O5/c44-36-21-16-30(26-35(36)43-41-33-10-4-5-11-34(33)42-43)22-24-48-38(46)40-32-19-14-29(15-20-32)25-28-12-17-31(18-13-28)39-37(45)47-23-6-9-27-7-2-1-3-8-27/h1-21,26,44H,22-25H2,(H,39,45)(H,40,46)/b9-6+. The molecule has 0 unspecified atom stereocenters. The van der Waals surface area contributed by atoms with Gasteiger partial charge in [-0.2, -0.15) is 0 Å². The highest BCUT2D eigenvalue weighted by Crippen LogP contribution is 2.23. The summed E-state index contributed by atoms with van der Waals surface area (Å²) in [6.07, 6.45) is 3.74. The monoisotopic (exact) mass is 639 g/mol. The molecule has 0 radical (unpaired) electrons. The molecule has 0 fully saturated rings. The molecule has 1 heterocycles. The summed E-state index contributed by atoms with van der Waals surface area (Å²) in [7, 11) is 0. The first-order valence-electron chi connectivity index (χ1n) is 15.4. The van der Waals surface area contributed by atoms with Crippen LogP contribution in [0.25, 0.3) is 22.8 Å². The summed E-state index contributed by atoms with van der Waals surface area (Å²) >= 11 is 0. The zero-order chi connectivity index (χ0) is 33.1. The Balaban J connectivity index is 0.924. The molecule has 6 aromatic rings. The summed E-state index contributed by atoms with van der Waals surface area (Å²) in [6.45, 7) is 0.321. The molecule has 6 rings (SSSR count). The molecule has 3 N–H and O–H groups in total. The number of nitrogens with zero attached hydrogens (tertiary/aromatic N) is 3. The van der Waals surface area contributed by atoms with Gasteiger partial charge in [0, 0.05) is 17.8 Å². The third-order valence-electron chi connectivity index (χ3n) is 7.40. The Labute approximate surface area is 277 Å². The predicted octanol–water partition coefficient (Wildman–Crippen LogP) is 7.77. The number of hydrogen-bond donors (Lipinski definition) is 3. The molecule has 0 saturated carbocycles. The molecule has 5 aromatic carbocycles. The minimum absolute atomic E-state index is 0.0519. The summed E-state index contributed by atoms with van der Waals surface area (Å²) in [5.74, 6) is 0.0519. The summed E-state index contributed by atoms with van der Waals surface area (Å²) in [5.41, 5.74) is 7.17. The SMILES string of the molecule is O=C(Nc1ccc(Cc2ccc(NC(=O)OCCc3ccc(O)c(-n4nc5ccccc5n4)c3)cc2)cc1)OC/C=C/c1ccccc1. The maximum Gasteiger partial charge on any atom is 0.411 e. The van der Waals surface area contributed by atoms with E-state index in [2.05, 4.69) is 20.8 Å². The number of fused-ring (bicyclic) bond motifs is 1. The lowest BCUT2D eigenvalue weighted by atomic mass is 10.0. The van der Waals surface area contributed by atoms with E-state index in [1.54, 1.807) is 24.3 Å². The molecule has 0 atom stereocenters. The summed E-state index contributed by atoms with van der Waals surface area (Å²) in [4.78, 5) is 25.9. The number of phenols is 1. The van der Waals surface area contributed by atoms with E-state index in [4.69, 9.17) is 9.47 Å². The van der Waals surface area contributed by atoms with Crippen LogP contribution in [0.15, 0.2) is 127 Å². The van der Waals surface area contributed by atoms with Crippen LogP contribution in [0.5, 0.6) is 5.75 Å². The molecule has 2 amide bonds. The van der Waals surface area contributed by atoms with Crippen molar-refractivity contribution in [1.82, 2.24) is 15.0 Å². The number of benzene rings is 5. The number of carbonyl (C=O) groups excluding carboxylic acids is 2. The second-order valence-electron chi connectivity index (χ2n) is 10.9. The van der Waals surface area contributed by atoms with Crippen molar-refractivity contribution >= 4 is 40.7 Å². The highest BCUT2D eigenvalue weighted by Gasteiger charge is 2.11. The van der Waals surface area contributed by atoms with E-state index in [1.807, 2.05) is 109 Å². The van der Waals surface area contributed by atoms with Gasteiger partial charge in [0.2, 0.25) is 0 Å². The average Bonchev–Trinajstić information content (AvgIpc) is 3.54. The molecular formula is C38H33N5O5. The van der Waals surface area contributed by atoms with Crippen LogP contribution >= 0.6 is 0 Å². The van der Waals surface area contributed by atoms with Gasteiger partial charge in [-0.3, -0.25) is 10.6 Å². The largest absolute Gasteiger partial charge is 0.506 e. The van der Waals surface area contributed by atoms with Gasteiger partial charge in [0.25, 0.3) is 0 Å². The fourth-order valence-electron chi connectivity index (χ4n) is 4.94. The lowest BCUT2D eigenvalue weighted by Crippen LogP contribution is -2.15. The van der Waals surface area contributed by atoms with Crippen LogP contribution in [-0.4, -0.2) is 45.5 Å². The fraction of sp³-hybridized carbons (Fsp3) is 0.105. The Bertz CT molecular complexity index is 1990. The van der Waals surface area contributed by atoms with E-state index in [1.165, 1.54) is 4.80 Å². The Morgan fingerprint density at radius 2 is 1.25 bits per heavy atom. The van der Waals surface area contributed by atoms with Crippen LogP contribution in [0.3, 0.4) is 0 Å². The van der Waals surface area contributed by atoms with Gasteiger partial charge >= 0.3 is 12.2 Å². The van der Waals surface area contributed by atoms with Crippen molar-refractivity contribution in [2.75, 3.05) is 23.8 Å². The topological polar surface area (TPSA) is 128 Å². The van der Waals surface area contributed by atoms with Gasteiger partial charge in [-0.15, -0.1) is 15.0 Å². The molecule has 0 saturated heterocycles. The number of nitrogens with one attached hydrogen (secondary N) is 2. The molecule has 48 heavy (non-hydrogen) atoms. The van der Waals surface area contributed by atoms with Crippen molar-refractivity contribution in [2.45, 2.75) is 12.8 Å². The minimum atomic E-state index is -0.560. The van der Waals surface area contributed by atoms with Crippen LogP contribution in [0.4, 0.5) is 21.0 Å². The molecule has 0 aliphatic carbocycles. The number of rotatable bonds is 11. The van der Waals surface area contributed by atoms with Crippen LogP contribution in [0.2, 0.25) is 0 Å². The molecule has 240 valence electrons. The van der Waals surface area contributed by atoms with Crippen molar-refractivity contribution in [2.24, 2.45) is 0 Å². The smallest absolute Gasteiger partial charge is 0.411 e. The van der Waals surface area contributed by atoms with E-state index in [0.29, 0.717) is 29.9 Å². The highest BCUT2D eigenvalue weighted by molar-refractivity contribution is 5.85. The molecule has 0 bridgehead atoms. The number of ether oxygens (including phenoxy) is 2. The van der Waals surface area contributed by atoms with Gasteiger partial charge in [0.05, 0.1) is 6.61 Å². The first kappa shape index (κ1) is 31.6. The van der Waals surface area contributed by atoms with Gasteiger partial charge in [0.15, 0.2) is 0 Å². The Morgan fingerprint density at radius 1 is 0.688 bits per heavy atom. The number of aromatic nitrogens is 3. The first-order chi connectivity index (χ1) is 23.5. The number of carbonyl (C=O) groups is 2. The third-order valence-corrected chi connectivity index (χ3v) is 7.40. The van der Waals surface area contributed by atoms with Crippen LogP contribution in [-0.2, 0) is 22.3 Å². The van der Waals surface area contributed by atoms with Crippen LogP contribution < -0.4 is 10.6 Å². The van der Waals surface area contributed by atoms with Gasteiger partial charge in [-0.1, -0.05) is 78.9 Å². The summed E-state index contributed by atoms with van der Waals surface area (Å²) < 4.78 is 10.6. The zero-order valence-corrected chi connectivity index (χ0v) is 26.0. The molecule has 1 aromatic heterocycles. The fourth-order valence-corrected chi connectivity index (χ4v) is 4.94. The van der Waals surface area contributed by atoms with Gasteiger partial charge in [-0.25, -0.2) is 9.59 Å². The number of phenolic OH excluding ortho intramolecular Hbond substituents is 1. The van der Waals surface area contributed by atoms with Crippen molar-refractivity contribution < 1.29 is 24.2 Å². The van der Waals surface area contributed by atoms with Gasteiger partial charge in [-0.05, 0) is 83.3 Å². The maximum absolute atomic E-state index is 12.4. The quantitative estimate of drug-likeness (QED) is 0.132. The second kappa shape index (κ2) is 15.2. The van der Waals surface area contributed by atoms with E-state index in [0.717, 1.165) is 33.3 Å². The van der Waals surface area contributed by atoms with Gasteiger partial charge < -0.3 is 14.6 Å². The number of amides is 2. The normalized spacial score (nSPS) is 11.0. The van der Waals surface area contributed by atoms with Crippen molar-refractivity contribution in [3.8, 4) is 11.4 Å².